The van der Waals surface area contributed by atoms with Crippen molar-refractivity contribution >= 4 is 17.2 Å². The Morgan fingerprint density at radius 2 is 1.41 bits per heavy atom. The van der Waals surface area contributed by atoms with Gasteiger partial charge in [-0.3, -0.25) is 4.79 Å². The van der Waals surface area contributed by atoms with E-state index >= 15 is 0 Å². The summed E-state index contributed by atoms with van der Waals surface area (Å²) in [5.74, 6) is -0.0506. The summed E-state index contributed by atoms with van der Waals surface area (Å²) in [6.07, 6.45) is 0. The zero-order chi connectivity index (χ0) is 15.5. The molecule has 3 aromatic rings. The van der Waals surface area contributed by atoms with Gasteiger partial charge in [-0.1, -0.05) is 48.5 Å². The number of hydrogen-bond donors (Lipinski definition) is 2. The topological polar surface area (TPSA) is 69.1 Å². The van der Waals surface area contributed by atoms with E-state index in [-0.39, 0.29) is 5.78 Å². The Labute approximate surface area is 129 Å². The van der Waals surface area contributed by atoms with Gasteiger partial charge in [0, 0.05) is 22.5 Å². The van der Waals surface area contributed by atoms with Crippen LogP contribution in [-0.4, -0.2) is 5.78 Å². The molecule has 0 aliphatic heterocycles. The lowest BCUT2D eigenvalue weighted by Gasteiger charge is -2.10. The first-order valence-corrected chi connectivity index (χ1v) is 7.00. The van der Waals surface area contributed by atoms with Crippen molar-refractivity contribution in [2.45, 2.75) is 0 Å². The summed E-state index contributed by atoms with van der Waals surface area (Å²) < 4.78 is 0. The van der Waals surface area contributed by atoms with Crippen molar-refractivity contribution in [3.05, 3.63) is 83.9 Å². The quantitative estimate of drug-likeness (QED) is 0.569. The molecule has 0 aliphatic carbocycles. The third kappa shape index (κ3) is 2.69. The molecule has 0 saturated heterocycles. The molecule has 0 aromatic heterocycles. The Bertz CT molecular complexity index is 840. The van der Waals surface area contributed by atoms with Crippen molar-refractivity contribution < 1.29 is 4.79 Å². The van der Waals surface area contributed by atoms with Crippen molar-refractivity contribution in [2.75, 3.05) is 11.5 Å². The summed E-state index contributed by atoms with van der Waals surface area (Å²) in [7, 11) is 0. The third-order valence-corrected chi connectivity index (χ3v) is 3.52. The minimum absolute atomic E-state index is 0.0506. The maximum Gasteiger partial charge on any atom is 0.193 e. The molecule has 0 radical (unpaired) electrons. The van der Waals surface area contributed by atoms with Crippen LogP contribution in [0.15, 0.2) is 72.8 Å². The molecular weight excluding hydrogens is 272 g/mol. The van der Waals surface area contributed by atoms with E-state index in [2.05, 4.69) is 0 Å². The van der Waals surface area contributed by atoms with Gasteiger partial charge in [-0.2, -0.15) is 0 Å². The van der Waals surface area contributed by atoms with Crippen molar-refractivity contribution in [1.29, 1.82) is 0 Å². The van der Waals surface area contributed by atoms with Crippen LogP contribution in [0.5, 0.6) is 0 Å². The van der Waals surface area contributed by atoms with Crippen LogP contribution in [0.3, 0.4) is 0 Å². The predicted octanol–water partition coefficient (Wildman–Crippen LogP) is 3.75. The van der Waals surface area contributed by atoms with Gasteiger partial charge in [0.05, 0.1) is 0 Å². The van der Waals surface area contributed by atoms with Crippen molar-refractivity contribution in [3.63, 3.8) is 0 Å². The summed E-state index contributed by atoms with van der Waals surface area (Å²) in [4.78, 5) is 12.8. The number of ketones is 1. The number of nitrogens with two attached hydrogens (primary N) is 2. The van der Waals surface area contributed by atoms with Crippen molar-refractivity contribution in [1.82, 2.24) is 0 Å². The van der Waals surface area contributed by atoms with Gasteiger partial charge in [-0.25, -0.2) is 0 Å². The highest BCUT2D eigenvalue weighted by Gasteiger charge is 2.14. The second kappa shape index (κ2) is 5.74. The predicted molar refractivity (Wildman–Crippen MR) is 90.6 cm³/mol. The standard InChI is InChI=1S/C19H16N2O/c20-15-7-3-5-13(11-15)17-9-1-2-10-18(17)19(22)14-6-4-8-16(21)12-14/h1-12H,20-21H2. The van der Waals surface area contributed by atoms with Crippen molar-refractivity contribution in [2.24, 2.45) is 0 Å². The van der Waals surface area contributed by atoms with E-state index < -0.39 is 0 Å². The molecule has 0 bridgehead atoms. The Morgan fingerprint density at radius 1 is 0.727 bits per heavy atom. The summed E-state index contributed by atoms with van der Waals surface area (Å²) in [6.45, 7) is 0. The number of carbonyl (C=O) groups is 1. The highest BCUT2D eigenvalue weighted by molar-refractivity contribution is 6.13. The Kier molecular flexibility index (Phi) is 3.62. The van der Waals surface area contributed by atoms with Gasteiger partial charge in [0.1, 0.15) is 0 Å². The van der Waals surface area contributed by atoms with Gasteiger partial charge in [-0.15, -0.1) is 0 Å². The molecule has 0 aliphatic rings. The molecule has 0 atom stereocenters. The molecule has 4 N–H and O–H groups in total. The Hall–Kier alpha value is -3.07. The molecule has 0 amide bonds. The van der Waals surface area contributed by atoms with Crippen molar-refractivity contribution in [3.8, 4) is 11.1 Å². The first kappa shape index (κ1) is 13.9. The van der Waals surface area contributed by atoms with Crippen LogP contribution in [0.4, 0.5) is 11.4 Å². The third-order valence-electron chi connectivity index (χ3n) is 3.52. The van der Waals surface area contributed by atoms with Gasteiger partial charge >= 0.3 is 0 Å². The largest absolute Gasteiger partial charge is 0.399 e. The fourth-order valence-corrected chi connectivity index (χ4v) is 2.47. The van der Waals surface area contributed by atoms with Gasteiger partial charge in [0.25, 0.3) is 0 Å². The summed E-state index contributed by atoms with van der Waals surface area (Å²) in [6, 6.07) is 22.0. The molecular formula is C19H16N2O. The second-order valence-corrected chi connectivity index (χ2v) is 5.13. The van der Waals surface area contributed by atoms with Crippen LogP contribution in [0, 0.1) is 0 Å². The molecule has 3 heteroatoms. The lowest BCUT2D eigenvalue weighted by molar-refractivity contribution is 0.103. The number of anilines is 2. The van der Waals surface area contributed by atoms with Gasteiger partial charge in [-0.05, 0) is 35.4 Å². The number of benzene rings is 3. The Morgan fingerprint density at radius 3 is 2.14 bits per heavy atom. The van der Waals surface area contributed by atoms with E-state index in [1.807, 2.05) is 48.5 Å². The number of rotatable bonds is 3. The fourth-order valence-electron chi connectivity index (χ4n) is 2.47. The van der Waals surface area contributed by atoms with E-state index in [4.69, 9.17) is 11.5 Å². The number of nitrogen functional groups attached to an aromatic ring is 2. The molecule has 0 heterocycles. The van der Waals surface area contributed by atoms with E-state index in [1.165, 1.54) is 0 Å². The average Bonchev–Trinajstić information content (AvgIpc) is 2.54. The molecule has 0 unspecified atom stereocenters. The molecule has 0 fully saturated rings. The molecule has 0 saturated carbocycles. The number of carbonyl (C=O) groups excluding carboxylic acids is 1. The van der Waals surface area contributed by atoms with Crippen LogP contribution >= 0.6 is 0 Å². The van der Waals surface area contributed by atoms with Crippen LogP contribution in [-0.2, 0) is 0 Å². The van der Waals surface area contributed by atoms with Gasteiger partial charge in [0.2, 0.25) is 0 Å². The minimum atomic E-state index is -0.0506. The lowest BCUT2D eigenvalue weighted by Crippen LogP contribution is -2.04. The van der Waals surface area contributed by atoms with Crippen LogP contribution in [0.2, 0.25) is 0 Å². The van der Waals surface area contributed by atoms with E-state index in [0.717, 1.165) is 11.1 Å². The molecule has 108 valence electrons. The summed E-state index contributed by atoms with van der Waals surface area (Å²) >= 11 is 0. The second-order valence-electron chi connectivity index (χ2n) is 5.13. The summed E-state index contributed by atoms with van der Waals surface area (Å²) in [5, 5.41) is 0. The smallest absolute Gasteiger partial charge is 0.193 e. The monoisotopic (exact) mass is 288 g/mol. The van der Waals surface area contributed by atoms with Crippen LogP contribution in [0.25, 0.3) is 11.1 Å². The van der Waals surface area contributed by atoms with E-state index in [1.54, 1.807) is 24.3 Å². The number of hydrogen-bond acceptors (Lipinski definition) is 3. The van der Waals surface area contributed by atoms with Crippen LogP contribution in [0.1, 0.15) is 15.9 Å². The summed E-state index contributed by atoms with van der Waals surface area (Å²) in [5.41, 5.74) is 15.9. The zero-order valence-electron chi connectivity index (χ0n) is 12.0. The maximum atomic E-state index is 12.8. The van der Waals surface area contributed by atoms with E-state index in [9.17, 15) is 4.79 Å². The molecule has 3 rings (SSSR count). The van der Waals surface area contributed by atoms with Gasteiger partial charge in [0.15, 0.2) is 5.78 Å². The molecule has 22 heavy (non-hydrogen) atoms. The van der Waals surface area contributed by atoms with E-state index in [0.29, 0.717) is 22.5 Å². The highest BCUT2D eigenvalue weighted by Crippen LogP contribution is 2.27. The molecule has 3 nitrogen and oxygen atoms in total. The zero-order valence-corrected chi connectivity index (χ0v) is 12.0. The Balaban J connectivity index is 2.10. The molecule has 0 spiro atoms. The average molecular weight is 288 g/mol. The SMILES string of the molecule is Nc1cccc(C(=O)c2ccccc2-c2cccc(N)c2)c1. The highest BCUT2D eigenvalue weighted by atomic mass is 16.1. The molecule has 3 aromatic carbocycles. The fraction of sp³-hybridized carbons (Fsp3) is 0. The van der Waals surface area contributed by atoms with Crippen LogP contribution < -0.4 is 11.5 Å². The maximum absolute atomic E-state index is 12.8. The first-order valence-electron chi connectivity index (χ1n) is 7.00. The van der Waals surface area contributed by atoms with Gasteiger partial charge < -0.3 is 11.5 Å². The minimum Gasteiger partial charge on any atom is -0.399 e. The normalized spacial score (nSPS) is 10.4. The lowest BCUT2D eigenvalue weighted by atomic mass is 9.93. The first-order chi connectivity index (χ1) is 10.6.